The number of nitrogens with one attached hydrogen (secondary N) is 1. The lowest BCUT2D eigenvalue weighted by atomic mass is 10.1. The average Bonchev–Trinajstić information content (AvgIpc) is 2.58. The molecule has 3 rings (SSSR count). The minimum atomic E-state index is 0.632. The molecule has 1 aliphatic heterocycles. The molecule has 1 fully saturated rings. The molecular weight excluding hydrogens is 276 g/mol. The van der Waals surface area contributed by atoms with E-state index in [1.807, 2.05) is 11.8 Å². The highest BCUT2D eigenvalue weighted by Crippen LogP contribution is 2.32. The Kier molecular flexibility index (Phi) is 3.64. The molecule has 0 aromatic carbocycles. The van der Waals surface area contributed by atoms with E-state index in [0.717, 1.165) is 40.8 Å². The average molecular weight is 294 g/mol. The maximum absolute atomic E-state index is 6.08. The molecule has 0 saturated carbocycles. The predicted octanol–water partition coefficient (Wildman–Crippen LogP) is 2.34. The zero-order valence-electron chi connectivity index (χ0n) is 11.2. The quantitative estimate of drug-likeness (QED) is 0.906. The zero-order chi connectivity index (χ0) is 13.4. The van der Waals surface area contributed by atoms with Crippen LogP contribution in [0, 0.1) is 19.8 Å². The number of thiophene rings is 1. The number of fused-ring (bicyclic) bond motifs is 1. The smallest absolute Gasteiger partial charge is 0.142 e. The van der Waals surface area contributed by atoms with Crippen LogP contribution in [0.3, 0.4) is 0 Å². The lowest BCUT2D eigenvalue weighted by Crippen LogP contribution is -2.43. The molecule has 19 heavy (non-hydrogen) atoms. The molecule has 0 bridgehead atoms. The van der Waals surface area contributed by atoms with Crippen LogP contribution in [0.2, 0.25) is 0 Å². The van der Waals surface area contributed by atoms with Gasteiger partial charge in [0.05, 0.1) is 11.1 Å². The van der Waals surface area contributed by atoms with Crippen LogP contribution < -0.4 is 11.1 Å². The molecule has 1 saturated heterocycles. The molecule has 0 aliphatic carbocycles. The Bertz CT molecular complexity index is 604. The van der Waals surface area contributed by atoms with E-state index >= 15 is 0 Å². The Morgan fingerprint density at radius 3 is 2.84 bits per heavy atom. The number of thioether (sulfide) groups is 1. The summed E-state index contributed by atoms with van der Waals surface area (Å²) in [5, 5.41) is 4.33. The van der Waals surface area contributed by atoms with Crippen molar-refractivity contribution in [2.24, 2.45) is 5.92 Å². The van der Waals surface area contributed by atoms with Crippen molar-refractivity contribution < 1.29 is 0 Å². The third-order valence-electron chi connectivity index (χ3n) is 3.55. The largest absolute Gasteiger partial charge is 0.383 e. The van der Waals surface area contributed by atoms with Crippen LogP contribution in [0.15, 0.2) is 0 Å². The van der Waals surface area contributed by atoms with Gasteiger partial charge in [-0.3, -0.25) is 0 Å². The molecule has 0 unspecified atom stereocenters. The van der Waals surface area contributed by atoms with E-state index < -0.39 is 0 Å². The van der Waals surface area contributed by atoms with Gasteiger partial charge in [-0.1, -0.05) is 0 Å². The van der Waals surface area contributed by atoms with Gasteiger partial charge >= 0.3 is 0 Å². The maximum atomic E-state index is 6.08. The Hall–Kier alpha value is -0.850. The van der Waals surface area contributed by atoms with E-state index in [2.05, 4.69) is 29.1 Å². The van der Waals surface area contributed by atoms with Gasteiger partial charge in [0.2, 0.25) is 0 Å². The number of anilines is 1. The lowest BCUT2D eigenvalue weighted by Gasteiger charge is -2.26. The van der Waals surface area contributed by atoms with Crippen molar-refractivity contribution in [3.8, 4) is 0 Å². The van der Waals surface area contributed by atoms with E-state index in [-0.39, 0.29) is 0 Å². The van der Waals surface area contributed by atoms with E-state index in [1.165, 1.54) is 16.2 Å². The van der Waals surface area contributed by atoms with E-state index in [1.54, 1.807) is 11.3 Å². The summed E-state index contributed by atoms with van der Waals surface area (Å²) in [4.78, 5) is 11.4. The topological polar surface area (TPSA) is 63.8 Å². The second kappa shape index (κ2) is 5.26. The van der Waals surface area contributed by atoms with E-state index in [9.17, 15) is 0 Å². The number of hydrogen-bond acceptors (Lipinski definition) is 6. The van der Waals surface area contributed by atoms with Gasteiger partial charge in [-0.2, -0.15) is 11.8 Å². The van der Waals surface area contributed by atoms with E-state index in [0.29, 0.717) is 5.82 Å². The third kappa shape index (κ3) is 2.57. The maximum Gasteiger partial charge on any atom is 0.142 e. The van der Waals surface area contributed by atoms with E-state index in [4.69, 9.17) is 5.73 Å². The molecule has 102 valence electrons. The molecule has 1 aliphatic rings. The highest BCUT2D eigenvalue weighted by Gasteiger charge is 2.17. The van der Waals surface area contributed by atoms with Crippen LogP contribution >= 0.6 is 23.1 Å². The minimum absolute atomic E-state index is 0.632. The molecule has 3 N–H and O–H groups in total. The molecule has 6 heteroatoms. The van der Waals surface area contributed by atoms with Gasteiger partial charge in [0.1, 0.15) is 16.5 Å². The van der Waals surface area contributed by atoms with Crippen molar-refractivity contribution in [1.82, 2.24) is 15.3 Å². The first-order chi connectivity index (χ1) is 9.15. The first-order valence-electron chi connectivity index (χ1n) is 6.45. The highest BCUT2D eigenvalue weighted by atomic mass is 32.2. The molecule has 4 nitrogen and oxygen atoms in total. The fraction of sp³-hybridized carbons (Fsp3) is 0.538. The van der Waals surface area contributed by atoms with Gasteiger partial charge in [0, 0.05) is 4.88 Å². The van der Waals surface area contributed by atoms with Gasteiger partial charge in [0.15, 0.2) is 0 Å². The van der Waals surface area contributed by atoms with Crippen LogP contribution in [0.5, 0.6) is 0 Å². The minimum Gasteiger partial charge on any atom is -0.383 e. The van der Waals surface area contributed by atoms with Crippen LogP contribution in [-0.2, 0) is 5.75 Å². The molecule has 2 aromatic rings. The number of nitrogens with zero attached hydrogens (tertiary/aromatic N) is 2. The van der Waals surface area contributed by atoms with Crippen molar-refractivity contribution >= 4 is 39.1 Å². The number of rotatable bonds is 4. The van der Waals surface area contributed by atoms with Crippen molar-refractivity contribution in [1.29, 1.82) is 0 Å². The number of nitrogens with two attached hydrogens (primary N) is 1. The van der Waals surface area contributed by atoms with Gasteiger partial charge in [-0.15, -0.1) is 11.3 Å². The normalized spacial score (nSPS) is 15.9. The summed E-state index contributed by atoms with van der Waals surface area (Å²) in [5.41, 5.74) is 7.30. The summed E-state index contributed by atoms with van der Waals surface area (Å²) in [6, 6.07) is 0. The van der Waals surface area contributed by atoms with Gasteiger partial charge in [0.25, 0.3) is 0 Å². The first kappa shape index (κ1) is 13.1. The lowest BCUT2D eigenvalue weighted by molar-refractivity contribution is 0.385. The molecule has 0 amide bonds. The molecule has 0 atom stereocenters. The molecule has 0 radical (unpaired) electrons. The second-order valence-corrected chi connectivity index (χ2v) is 7.26. The summed E-state index contributed by atoms with van der Waals surface area (Å²) < 4.78 is 0. The van der Waals surface area contributed by atoms with Crippen LogP contribution in [-0.4, -0.2) is 28.8 Å². The van der Waals surface area contributed by atoms with Crippen molar-refractivity contribution in [2.75, 3.05) is 24.6 Å². The molecule has 3 heterocycles. The molecular formula is C13H18N4S2. The van der Waals surface area contributed by atoms with Crippen LogP contribution in [0.4, 0.5) is 5.82 Å². The second-order valence-electron chi connectivity index (χ2n) is 5.03. The standard InChI is InChI=1S/C13H18N4S2/c1-7-8(2)19-13-11(7)12(14)16-10(17-13)6-18-5-9-3-15-4-9/h9,15H,3-6H2,1-2H3,(H2,14,16,17). The van der Waals surface area contributed by atoms with Crippen LogP contribution in [0.1, 0.15) is 16.3 Å². The Balaban J connectivity index is 1.76. The van der Waals surface area contributed by atoms with Crippen molar-refractivity contribution in [2.45, 2.75) is 19.6 Å². The Labute approximate surface area is 121 Å². The fourth-order valence-electron chi connectivity index (χ4n) is 2.17. The number of aryl methyl sites for hydroxylation is 2. The monoisotopic (exact) mass is 294 g/mol. The van der Waals surface area contributed by atoms with Gasteiger partial charge in [-0.05, 0) is 44.2 Å². The van der Waals surface area contributed by atoms with Crippen molar-refractivity contribution in [3.05, 3.63) is 16.3 Å². The summed E-state index contributed by atoms with van der Waals surface area (Å²) in [7, 11) is 0. The first-order valence-corrected chi connectivity index (χ1v) is 8.43. The Morgan fingerprint density at radius 2 is 2.16 bits per heavy atom. The van der Waals surface area contributed by atoms with Crippen LogP contribution in [0.25, 0.3) is 10.2 Å². The fourth-order valence-corrected chi connectivity index (χ4v) is 4.23. The number of hydrogen-bond donors (Lipinski definition) is 2. The highest BCUT2D eigenvalue weighted by molar-refractivity contribution is 7.98. The Morgan fingerprint density at radius 1 is 1.37 bits per heavy atom. The third-order valence-corrected chi connectivity index (χ3v) is 5.82. The number of nitrogen functional groups attached to an aromatic ring is 1. The summed E-state index contributed by atoms with van der Waals surface area (Å²) in [6.45, 7) is 6.50. The number of aromatic nitrogens is 2. The molecule has 2 aromatic heterocycles. The molecule has 0 spiro atoms. The predicted molar refractivity (Wildman–Crippen MR) is 83.8 cm³/mol. The van der Waals surface area contributed by atoms with Gasteiger partial charge in [-0.25, -0.2) is 9.97 Å². The SMILES string of the molecule is Cc1sc2nc(CSCC3CNC3)nc(N)c2c1C. The summed E-state index contributed by atoms with van der Waals surface area (Å²) in [6.07, 6.45) is 0. The van der Waals surface area contributed by atoms with Crippen molar-refractivity contribution in [3.63, 3.8) is 0 Å². The summed E-state index contributed by atoms with van der Waals surface area (Å²) in [5.74, 6) is 4.34. The zero-order valence-corrected chi connectivity index (χ0v) is 12.8. The van der Waals surface area contributed by atoms with Gasteiger partial charge < -0.3 is 11.1 Å². The summed E-state index contributed by atoms with van der Waals surface area (Å²) >= 11 is 3.61.